The number of aliphatic hydroxyl groups is 1. The van der Waals surface area contributed by atoms with Gasteiger partial charge in [-0.05, 0) is 24.1 Å². The van der Waals surface area contributed by atoms with Crippen molar-refractivity contribution in [3.05, 3.63) is 30.1 Å². The van der Waals surface area contributed by atoms with Gasteiger partial charge >= 0.3 is 0 Å². The number of nitrogens with two attached hydrogens (primary N) is 1. The van der Waals surface area contributed by atoms with Crippen molar-refractivity contribution in [1.82, 2.24) is 9.88 Å². The Hall–Kier alpha value is -1.53. The number of halogens is 1. The van der Waals surface area contributed by atoms with Crippen molar-refractivity contribution >= 4 is 5.91 Å². The summed E-state index contributed by atoms with van der Waals surface area (Å²) in [5.74, 6) is -0.417. The van der Waals surface area contributed by atoms with Gasteiger partial charge in [0.2, 0.25) is 5.91 Å². The standard InChI is InChI=1S/C12H16FN3O2.CH4/c13-9-3-6-16(7-9)12(18)10(14)11(17)8-1-4-15-5-2-8;/h1-2,4-5,9-11,17H,3,6-7,14H2;1H4/t9?,10-,11+;/m1./s1. The van der Waals surface area contributed by atoms with E-state index in [9.17, 15) is 14.3 Å². The monoisotopic (exact) mass is 269 g/mol. The highest BCUT2D eigenvalue weighted by Gasteiger charge is 2.32. The van der Waals surface area contributed by atoms with Crippen LogP contribution < -0.4 is 5.73 Å². The molecule has 2 heterocycles. The number of aromatic nitrogens is 1. The number of alkyl halides is 1. The summed E-state index contributed by atoms with van der Waals surface area (Å²) in [5, 5.41) is 9.99. The Labute approximate surface area is 112 Å². The van der Waals surface area contributed by atoms with E-state index in [4.69, 9.17) is 5.73 Å². The maximum absolute atomic E-state index is 13.0. The lowest BCUT2D eigenvalue weighted by atomic mass is 10.0. The molecular weight excluding hydrogens is 249 g/mol. The van der Waals surface area contributed by atoms with Crippen LogP contribution in [0.15, 0.2) is 24.5 Å². The van der Waals surface area contributed by atoms with E-state index in [1.807, 2.05) is 0 Å². The molecule has 0 saturated carbocycles. The molecule has 0 aromatic carbocycles. The van der Waals surface area contributed by atoms with Gasteiger partial charge in [-0.1, -0.05) is 7.43 Å². The van der Waals surface area contributed by atoms with Crippen molar-refractivity contribution in [3.63, 3.8) is 0 Å². The summed E-state index contributed by atoms with van der Waals surface area (Å²) in [7, 11) is 0. The average Bonchev–Trinajstić information content (AvgIpc) is 2.84. The van der Waals surface area contributed by atoms with Crippen LogP contribution in [0.2, 0.25) is 0 Å². The Morgan fingerprint density at radius 3 is 2.68 bits per heavy atom. The van der Waals surface area contributed by atoms with Crippen LogP contribution in [0.25, 0.3) is 0 Å². The number of carbonyl (C=O) groups is 1. The third kappa shape index (κ3) is 3.48. The molecule has 0 aliphatic carbocycles. The van der Waals surface area contributed by atoms with E-state index in [0.29, 0.717) is 18.5 Å². The molecule has 1 aliphatic rings. The minimum absolute atomic E-state index is 0. The summed E-state index contributed by atoms with van der Waals surface area (Å²) in [5.41, 5.74) is 6.26. The molecule has 0 bridgehead atoms. The topological polar surface area (TPSA) is 79.5 Å². The van der Waals surface area contributed by atoms with Gasteiger partial charge in [0.1, 0.15) is 18.3 Å². The molecule has 3 N–H and O–H groups in total. The Balaban J connectivity index is 0.00000180. The maximum atomic E-state index is 13.0. The van der Waals surface area contributed by atoms with Crippen LogP contribution in [0.1, 0.15) is 25.5 Å². The van der Waals surface area contributed by atoms with Gasteiger partial charge in [0.15, 0.2) is 0 Å². The van der Waals surface area contributed by atoms with Crippen molar-refractivity contribution in [2.45, 2.75) is 32.2 Å². The second-order valence-electron chi connectivity index (χ2n) is 4.42. The first-order valence-electron chi connectivity index (χ1n) is 5.86. The highest BCUT2D eigenvalue weighted by atomic mass is 19.1. The van der Waals surface area contributed by atoms with Crippen LogP contribution >= 0.6 is 0 Å². The fraction of sp³-hybridized carbons (Fsp3) is 0.538. The summed E-state index contributed by atoms with van der Waals surface area (Å²) in [6.07, 6.45) is 1.29. The molecule has 1 fully saturated rings. The number of carbonyl (C=O) groups excluding carboxylic acids is 1. The summed E-state index contributed by atoms with van der Waals surface area (Å²) < 4.78 is 13.0. The van der Waals surface area contributed by atoms with Gasteiger partial charge in [-0.3, -0.25) is 9.78 Å². The second kappa shape index (κ2) is 6.58. The number of nitrogens with zero attached hydrogens (tertiary/aromatic N) is 2. The Kier molecular flexibility index (Phi) is 5.38. The lowest BCUT2D eigenvalue weighted by molar-refractivity contribution is -0.134. The predicted molar refractivity (Wildman–Crippen MR) is 70.0 cm³/mol. The molecule has 0 spiro atoms. The van der Waals surface area contributed by atoms with Gasteiger partial charge in [-0.25, -0.2) is 4.39 Å². The first-order chi connectivity index (χ1) is 8.59. The number of likely N-dealkylation sites (tertiary alicyclic amines) is 1. The van der Waals surface area contributed by atoms with E-state index < -0.39 is 24.2 Å². The third-order valence-corrected chi connectivity index (χ3v) is 3.12. The normalized spacial score (nSPS) is 21.6. The smallest absolute Gasteiger partial charge is 0.242 e. The Morgan fingerprint density at radius 1 is 1.53 bits per heavy atom. The average molecular weight is 269 g/mol. The largest absolute Gasteiger partial charge is 0.386 e. The van der Waals surface area contributed by atoms with Crippen molar-refractivity contribution in [2.75, 3.05) is 13.1 Å². The van der Waals surface area contributed by atoms with Crippen LogP contribution in [-0.4, -0.2) is 46.2 Å². The molecule has 0 radical (unpaired) electrons. The summed E-state index contributed by atoms with van der Waals surface area (Å²) >= 11 is 0. The molecule has 106 valence electrons. The molecule has 3 atom stereocenters. The van der Waals surface area contributed by atoms with E-state index in [1.165, 1.54) is 17.3 Å². The third-order valence-electron chi connectivity index (χ3n) is 3.12. The highest BCUT2D eigenvalue weighted by Crippen LogP contribution is 2.19. The summed E-state index contributed by atoms with van der Waals surface area (Å²) in [6, 6.07) is 2.12. The fourth-order valence-corrected chi connectivity index (χ4v) is 2.03. The molecule has 1 amide bonds. The minimum atomic E-state index is -1.10. The van der Waals surface area contributed by atoms with E-state index in [0.717, 1.165) is 0 Å². The van der Waals surface area contributed by atoms with E-state index >= 15 is 0 Å². The molecule has 2 rings (SSSR count). The van der Waals surface area contributed by atoms with Crippen LogP contribution in [0, 0.1) is 0 Å². The first-order valence-corrected chi connectivity index (χ1v) is 5.86. The van der Waals surface area contributed by atoms with Gasteiger partial charge in [0, 0.05) is 18.9 Å². The van der Waals surface area contributed by atoms with Crippen molar-refractivity contribution in [1.29, 1.82) is 0 Å². The zero-order valence-corrected chi connectivity index (χ0v) is 9.87. The van der Waals surface area contributed by atoms with E-state index in [-0.39, 0.29) is 14.0 Å². The lowest BCUT2D eigenvalue weighted by Crippen LogP contribution is -2.46. The van der Waals surface area contributed by atoms with Crippen LogP contribution in [0.5, 0.6) is 0 Å². The predicted octanol–water partition coefficient (Wildman–Crippen LogP) is 0.649. The van der Waals surface area contributed by atoms with Gasteiger partial charge in [0.05, 0.1) is 6.54 Å². The van der Waals surface area contributed by atoms with Gasteiger partial charge in [-0.15, -0.1) is 0 Å². The number of amides is 1. The number of hydrogen-bond donors (Lipinski definition) is 2. The van der Waals surface area contributed by atoms with Crippen LogP contribution in [0.4, 0.5) is 4.39 Å². The quantitative estimate of drug-likeness (QED) is 0.844. The zero-order chi connectivity index (χ0) is 13.1. The zero-order valence-electron chi connectivity index (χ0n) is 9.87. The minimum Gasteiger partial charge on any atom is -0.386 e. The lowest BCUT2D eigenvalue weighted by Gasteiger charge is -2.23. The molecule has 1 aliphatic heterocycles. The SMILES string of the molecule is C.N[C@@H](C(=O)N1CCC(F)C1)[C@@H](O)c1ccncc1. The van der Waals surface area contributed by atoms with Crippen LogP contribution in [0.3, 0.4) is 0 Å². The van der Waals surface area contributed by atoms with Gasteiger partial charge in [0.25, 0.3) is 0 Å². The van der Waals surface area contributed by atoms with Crippen molar-refractivity contribution < 1.29 is 14.3 Å². The molecule has 1 unspecified atom stereocenters. The number of pyridine rings is 1. The Morgan fingerprint density at radius 2 is 2.16 bits per heavy atom. The molecule has 6 heteroatoms. The summed E-state index contributed by atoms with van der Waals surface area (Å²) in [6.45, 7) is 0.423. The van der Waals surface area contributed by atoms with Gasteiger partial charge < -0.3 is 15.7 Å². The first kappa shape index (κ1) is 15.5. The Bertz CT molecular complexity index is 416. The van der Waals surface area contributed by atoms with E-state index in [1.54, 1.807) is 12.1 Å². The summed E-state index contributed by atoms with van der Waals surface area (Å²) in [4.78, 5) is 17.1. The second-order valence-corrected chi connectivity index (χ2v) is 4.42. The number of rotatable bonds is 3. The van der Waals surface area contributed by atoms with E-state index in [2.05, 4.69) is 4.98 Å². The fourth-order valence-electron chi connectivity index (χ4n) is 2.03. The molecule has 1 aromatic heterocycles. The molecule has 1 saturated heterocycles. The van der Waals surface area contributed by atoms with Crippen LogP contribution in [-0.2, 0) is 4.79 Å². The molecule has 1 aromatic rings. The number of hydrogen-bond acceptors (Lipinski definition) is 4. The molecule has 19 heavy (non-hydrogen) atoms. The number of aliphatic hydroxyl groups excluding tert-OH is 1. The molecule has 5 nitrogen and oxygen atoms in total. The molecular formula is C13H20FN3O2. The highest BCUT2D eigenvalue weighted by molar-refractivity contribution is 5.82. The maximum Gasteiger partial charge on any atom is 0.242 e. The van der Waals surface area contributed by atoms with Crippen molar-refractivity contribution in [3.8, 4) is 0 Å². The van der Waals surface area contributed by atoms with Gasteiger partial charge in [-0.2, -0.15) is 0 Å². The van der Waals surface area contributed by atoms with Crippen molar-refractivity contribution in [2.24, 2.45) is 5.73 Å².